The van der Waals surface area contributed by atoms with E-state index in [0.717, 1.165) is 177 Å². The Morgan fingerprint density at radius 1 is 0.426 bits per heavy atom. The van der Waals surface area contributed by atoms with Crippen molar-refractivity contribution in [3.63, 3.8) is 0 Å². The van der Waals surface area contributed by atoms with Gasteiger partial charge in [0.25, 0.3) is 35.4 Å². The Balaban J connectivity index is 0.0000000997. The highest BCUT2D eigenvalue weighted by Crippen LogP contribution is 2.53. The number of hydrogen-bond acceptors (Lipinski definition) is 12. The zero-order valence-corrected chi connectivity index (χ0v) is 75.2. The van der Waals surface area contributed by atoms with Crippen LogP contribution in [-0.2, 0) is 110 Å². The molecule has 1 saturated heterocycles. The van der Waals surface area contributed by atoms with E-state index < -0.39 is 22.0 Å². The van der Waals surface area contributed by atoms with Crippen molar-refractivity contribution < 1.29 is 51.9 Å². The fraction of sp³-hybridized carbons (Fsp3) is 0.196. The lowest BCUT2D eigenvalue weighted by Gasteiger charge is -2.24. The van der Waals surface area contributed by atoms with Crippen LogP contribution >= 0.6 is 0 Å². The predicted molar refractivity (Wildman–Crippen MR) is 526 cm³/mol. The van der Waals surface area contributed by atoms with E-state index >= 15 is 0 Å². The van der Waals surface area contributed by atoms with Crippen molar-refractivity contribution >= 4 is 145 Å². The van der Waals surface area contributed by atoms with Gasteiger partial charge in [0.15, 0.2) is 0 Å². The molecule has 9 aliphatic rings. The van der Waals surface area contributed by atoms with E-state index in [4.69, 9.17) is 5.11 Å². The van der Waals surface area contributed by atoms with Gasteiger partial charge < -0.3 is 39.7 Å². The predicted octanol–water partition coefficient (Wildman–Crippen LogP) is 17.9. The third-order valence-corrected chi connectivity index (χ3v) is 30.6. The van der Waals surface area contributed by atoms with E-state index in [9.17, 15) is 46.8 Å². The molecule has 0 saturated carbocycles. The second kappa shape index (κ2) is 32.8. The maximum Gasteiger partial charge on any atom is 0.303 e. The number of carboxylic acid groups (broad SMARTS) is 1. The maximum atomic E-state index is 13.2. The first-order chi connectivity index (χ1) is 66.4. The summed E-state index contributed by atoms with van der Waals surface area (Å²) in [5, 5.41) is 31.2. The number of para-hydroxylation sites is 3. The van der Waals surface area contributed by atoms with Gasteiger partial charge in [-0.25, -0.2) is 8.42 Å². The van der Waals surface area contributed by atoms with Crippen molar-refractivity contribution in [3.05, 3.63) is 343 Å². The highest BCUT2D eigenvalue weighted by Gasteiger charge is 2.43. The summed E-state index contributed by atoms with van der Waals surface area (Å²) in [6.45, 7) is 3.88. The van der Waals surface area contributed by atoms with Crippen LogP contribution in [0.1, 0.15) is 160 Å². The maximum absolute atomic E-state index is 13.2. The number of amides is 7. The summed E-state index contributed by atoms with van der Waals surface area (Å²) in [6.07, 6.45) is 13.9. The number of aliphatic carboxylic acids is 1. The number of imide groups is 2. The van der Waals surface area contributed by atoms with Crippen LogP contribution in [0.15, 0.2) is 237 Å². The average Bonchev–Trinajstić information content (AvgIpc) is 1.60. The minimum Gasteiger partial charge on any atom is -0.481 e. The van der Waals surface area contributed by atoms with E-state index in [0.29, 0.717) is 107 Å². The Morgan fingerprint density at radius 2 is 0.868 bits per heavy atom. The van der Waals surface area contributed by atoms with Gasteiger partial charge >= 0.3 is 5.97 Å². The molecule has 670 valence electrons. The number of rotatable bonds is 13. The van der Waals surface area contributed by atoms with E-state index in [2.05, 4.69) is 189 Å². The topological polar surface area (TPSA) is 311 Å². The molecule has 0 spiro atoms. The number of H-pyrrole nitrogens is 1. The first kappa shape index (κ1) is 83.3. The van der Waals surface area contributed by atoms with E-state index in [1.54, 1.807) is 0 Å². The van der Waals surface area contributed by atoms with Gasteiger partial charge in [0.1, 0.15) is 6.04 Å². The molecule has 4 aliphatic carbocycles. The number of aromatic amines is 1. The number of carboxylic acids is 1. The fourth-order valence-electron chi connectivity index (χ4n) is 23.7. The summed E-state index contributed by atoms with van der Waals surface area (Å²) < 4.78 is 32.5. The van der Waals surface area contributed by atoms with Crippen molar-refractivity contribution in [1.29, 1.82) is 0 Å². The van der Waals surface area contributed by atoms with Crippen molar-refractivity contribution in [2.75, 3.05) is 19.3 Å². The molecule has 6 aromatic heterocycles. The van der Waals surface area contributed by atoms with Crippen molar-refractivity contribution in [3.8, 4) is 44.5 Å². The van der Waals surface area contributed by atoms with Crippen molar-refractivity contribution in [2.24, 2.45) is 0 Å². The van der Waals surface area contributed by atoms with E-state index in [1.165, 1.54) is 87.3 Å². The lowest BCUT2D eigenvalue weighted by molar-refractivity contribution is -0.137. The molecule has 136 heavy (non-hydrogen) atoms. The minimum absolute atomic E-state index is 0.0354. The number of fused-ring (bicyclic) bond motifs is 40. The van der Waals surface area contributed by atoms with Gasteiger partial charge in [0, 0.05) is 145 Å². The number of nitrogens with zero attached hydrogens (tertiary/aromatic N) is 6. The molecule has 11 heterocycles. The van der Waals surface area contributed by atoms with Gasteiger partial charge in [-0.2, -0.15) is 4.31 Å². The second-order valence-electron chi connectivity index (χ2n) is 36.7. The van der Waals surface area contributed by atoms with Crippen LogP contribution in [0.2, 0.25) is 0 Å². The highest BCUT2D eigenvalue weighted by molar-refractivity contribution is 7.88. The molecule has 12 aromatic carbocycles. The summed E-state index contributed by atoms with van der Waals surface area (Å²) in [6, 6.07) is 76.0. The Labute approximate surface area is 780 Å². The zero-order valence-electron chi connectivity index (χ0n) is 74.4. The second-order valence-corrected chi connectivity index (χ2v) is 38.6. The SMILES string of the molecule is CS(=O)(=O)N1CCCC1C(=O)NCCCn1c2ccccc2c2c3c(c4c(c21)-c1ccccc1CC4)C(=O)NC3=O.O=C(O)CCc1ccc2[nH]c3c4c(c5c(c3c2c1)C(=O)NC5=O)CCc1ccccc1-4.O=C1NCc2c1c1c(c3c2c2ccccc2n3Cc2ccccn2)-c2ccccc2CC1.O=C1NCc2c3c(c4c(c21)c1ccccc1n4Cc1ccccn1)-c1ccccc1CC3. The van der Waals surface area contributed by atoms with Gasteiger partial charge in [0.2, 0.25) is 15.9 Å². The number of carbonyl (C=O) groups excluding carboxylic acids is 7. The standard InChI is InChI=1S/C31H30N4O5S.2C28H21N3O.C25H18N2O4/c1-41(39,40)35-17-6-12-23(35)29(36)32-15-7-16-34-22-11-5-4-10-20(22)25-27-26(30(37)33-31(27)38)21-14-13-18-8-2-3-9-19(18)24(21)28(25)34;32-28-26-22(15-30-28)20-13-12-17-7-1-2-9-19(17)24(20)27-25(26)21-10-3-4-11-23(21)31(27)16-18-8-5-6-14-29-18;32-28-26-21-13-12-17-7-1-2-9-19(17)24(21)27-25(22(26)15-30-28)20-10-3-4-11-23(20)31(27)16-18-8-5-6-14-29-18;28-18(29)10-6-12-5-9-17-16(11-12)20-22-21(24(30)27-25(22)31)15-8-7-13-3-1-2-4-14(13)19(15)23(20)26-17/h2-5,8-11,23H,6-7,12-17H2,1H3,(H,32,36)(H,33,37,38);2*1-11,14H,12-13,15-16H2,(H,30,32);1-5,9,11,26H,6-8,10H2,(H,28,29)(H,27,30,31). The lowest BCUT2D eigenvalue weighted by Crippen LogP contribution is -2.45. The van der Waals surface area contributed by atoms with Gasteiger partial charge in [-0.3, -0.25) is 59.0 Å². The first-order valence-electron chi connectivity index (χ1n) is 46.7. The Hall–Kier alpha value is -15.8. The molecule has 1 unspecified atom stereocenters. The van der Waals surface area contributed by atoms with E-state index in [1.807, 2.05) is 103 Å². The van der Waals surface area contributed by atoms with E-state index in [-0.39, 0.29) is 47.8 Å². The molecule has 18 aromatic rings. The molecule has 5 aliphatic heterocycles. The Kier molecular flexibility index (Phi) is 20.1. The number of aryl methyl sites for hydroxylation is 6. The monoisotopic (exact) mass is 1810 g/mol. The molecule has 0 radical (unpaired) electrons. The van der Waals surface area contributed by atoms with Crippen LogP contribution in [0, 0.1) is 0 Å². The number of benzene rings is 12. The minimum atomic E-state index is -3.45. The van der Waals surface area contributed by atoms with Gasteiger partial charge in [-0.15, -0.1) is 0 Å². The van der Waals surface area contributed by atoms with Gasteiger partial charge in [-0.05, 0) is 215 Å². The number of hydrogen-bond donors (Lipinski definition) is 7. The Morgan fingerprint density at radius 3 is 1.41 bits per heavy atom. The summed E-state index contributed by atoms with van der Waals surface area (Å²) in [5.74, 6) is -2.41. The van der Waals surface area contributed by atoms with Gasteiger partial charge in [-0.1, -0.05) is 170 Å². The van der Waals surface area contributed by atoms with Crippen molar-refractivity contribution in [2.45, 2.75) is 122 Å². The van der Waals surface area contributed by atoms with Crippen molar-refractivity contribution in [1.82, 2.24) is 59.5 Å². The molecular formula is C112H90N12O11S. The largest absolute Gasteiger partial charge is 0.481 e. The van der Waals surface area contributed by atoms with Crippen LogP contribution in [0.5, 0.6) is 0 Å². The van der Waals surface area contributed by atoms with Crippen LogP contribution in [-0.4, -0.2) is 119 Å². The number of carbonyl (C=O) groups is 8. The van der Waals surface area contributed by atoms with Crippen LogP contribution in [0.25, 0.3) is 132 Å². The number of nitrogens with one attached hydrogen (secondary N) is 6. The third kappa shape index (κ3) is 13.4. The molecule has 7 N–H and O–H groups in total. The number of aromatic nitrogens is 6. The highest BCUT2D eigenvalue weighted by atomic mass is 32.2. The van der Waals surface area contributed by atoms with Gasteiger partial charge in [0.05, 0.1) is 80.6 Å². The van der Waals surface area contributed by atoms with Crippen LogP contribution < -0.4 is 26.6 Å². The summed E-state index contributed by atoms with van der Waals surface area (Å²) in [4.78, 5) is 115. The number of pyridine rings is 2. The molecule has 23 nitrogen and oxygen atoms in total. The zero-order chi connectivity index (χ0) is 92.2. The molecule has 1 atom stereocenters. The molecular weight excluding hydrogens is 1720 g/mol. The smallest absolute Gasteiger partial charge is 0.303 e. The fourth-order valence-corrected chi connectivity index (χ4v) is 24.8. The quantitative estimate of drug-likeness (QED) is 0.0418. The molecule has 0 bridgehead atoms. The average molecular weight is 1810 g/mol. The summed E-state index contributed by atoms with van der Waals surface area (Å²) in [7, 11) is -3.45. The molecule has 7 amide bonds. The molecule has 24 heteroatoms. The normalized spacial score (nSPS) is 15.6. The Bertz CT molecular complexity index is 8470. The van der Waals surface area contributed by atoms with Crippen LogP contribution in [0.4, 0.5) is 0 Å². The first-order valence-corrected chi connectivity index (χ1v) is 48.5. The number of sulfonamides is 1. The molecule has 1 fully saturated rings. The lowest BCUT2D eigenvalue weighted by atomic mass is 9.80. The summed E-state index contributed by atoms with van der Waals surface area (Å²) in [5.41, 5.74) is 36.0. The summed E-state index contributed by atoms with van der Waals surface area (Å²) >= 11 is 0. The third-order valence-electron chi connectivity index (χ3n) is 29.3. The van der Waals surface area contributed by atoms with Crippen LogP contribution in [0.3, 0.4) is 0 Å². The molecule has 27 rings (SSSR count).